The number of anilines is 1. The third-order valence-corrected chi connectivity index (χ3v) is 6.98. The number of fused-ring (bicyclic) bond motifs is 2. The maximum Gasteiger partial charge on any atom is 0.255 e. The Kier molecular flexibility index (Phi) is 5.96. The van der Waals surface area contributed by atoms with E-state index in [4.69, 9.17) is 10.2 Å². The van der Waals surface area contributed by atoms with Crippen molar-refractivity contribution in [1.29, 1.82) is 0 Å². The van der Waals surface area contributed by atoms with Crippen LogP contribution < -0.4 is 15.4 Å². The minimum absolute atomic E-state index is 0.102. The number of furan rings is 1. The lowest BCUT2D eigenvalue weighted by Crippen LogP contribution is -2.30. The van der Waals surface area contributed by atoms with Gasteiger partial charge in [-0.3, -0.25) is 9.10 Å². The lowest BCUT2D eigenvalue weighted by Gasteiger charge is -2.23. The number of nitrogens with one attached hydrogen (secondary N) is 1. The first-order chi connectivity index (χ1) is 15.2. The smallest absolute Gasteiger partial charge is 0.255 e. The molecule has 1 amide bonds. The van der Waals surface area contributed by atoms with Crippen LogP contribution in [-0.4, -0.2) is 40.2 Å². The van der Waals surface area contributed by atoms with Crippen LogP contribution in [0.5, 0.6) is 0 Å². The van der Waals surface area contributed by atoms with Gasteiger partial charge < -0.3 is 15.5 Å². The Hall–Kier alpha value is -2.91. The lowest BCUT2D eigenvalue weighted by molar-refractivity contribution is 0.0956. The van der Waals surface area contributed by atoms with E-state index >= 15 is 0 Å². The number of carbonyl (C=O) groups is 1. The highest BCUT2D eigenvalue weighted by atomic mass is 32.2. The van der Waals surface area contributed by atoms with Gasteiger partial charge >= 0.3 is 0 Å². The van der Waals surface area contributed by atoms with Gasteiger partial charge in [-0.15, -0.1) is 0 Å². The second-order valence-electron chi connectivity index (χ2n) is 8.14. The van der Waals surface area contributed by atoms with E-state index in [1.165, 1.54) is 22.7 Å². The third kappa shape index (κ3) is 4.10. The van der Waals surface area contributed by atoms with Crippen molar-refractivity contribution in [3.8, 4) is 11.3 Å². The molecule has 0 aliphatic carbocycles. The number of hydrogen-bond acceptors (Lipinski definition) is 5. The number of halogens is 1. The molecule has 170 valence electrons. The Bertz CT molecular complexity index is 1270. The summed E-state index contributed by atoms with van der Waals surface area (Å²) in [5.74, 6) is -0.350. The molecule has 1 aliphatic heterocycles. The van der Waals surface area contributed by atoms with Crippen LogP contribution in [0.2, 0.25) is 0 Å². The molecule has 1 atom stereocenters. The molecule has 1 aromatic heterocycles. The summed E-state index contributed by atoms with van der Waals surface area (Å²) in [5, 5.41) is 3.36. The molecule has 0 fully saturated rings. The molecule has 0 saturated carbocycles. The monoisotopic (exact) mass is 459 g/mol. The van der Waals surface area contributed by atoms with Crippen molar-refractivity contribution in [2.24, 2.45) is 5.73 Å². The molecule has 2 aromatic carbocycles. The topological polar surface area (TPSA) is 106 Å². The second-order valence-corrected chi connectivity index (χ2v) is 10.1. The summed E-state index contributed by atoms with van der Waals surface area (Å²) in [6, 6.07) is 9.23. The van der Waals surface area contributed by atoms with Gasteiger partial charge in [0.25, 0.3) is 5.91 Å². The number of carbonyl (C=O) groups excluding carboxylic acids is 1. The van der Waals surface area contributed by atoms with Gasteiger partial charge in [0, 0.05) is 36.7 Å². The van der Waals surface area contributed by atoms with Crippen molar-refractivity contribution in [2.75, 3.05) is 30.2 Å². The number of sulfonamides is 1. The minimum atomic E-state index is -3.49. The molecule has 0 bridgehead atoms. The van der Waals surface area contributed by atoms with Gasteiger partial charge in [-0.2, -0.15) is 0 Å². The van der Waals surface area contributed by atoms with Gasteiger partial charge in [0.05, 0.1) is 17.5 Å². The average Bonchev–Trinajstić information content (AvgIpc) is 3.03. The normalized spacial score (nSPS) is 16.6. The van der Waals surface area contributed by atoms with E-state index in [-0.39, 0.29) is 24.9 Å². The molecule has 0 radical (unpaired) electrons. The van der Waals surface area contributed by atoms with E-state index in [0.717, 1.165) is 18.4 Å². The van der Waals surface area contributed by atoms with Crippen molar-refractivity contribution < 1.29 is 22.0 Å². The molecule has 1 aliphatic rings. The molecule has 0 spiro atoms. The molecular weight excluding hydrogens is 433 g/mol. The van der Waals surface area contributed by atoms with Gasteiger partial charge in [-0.25, -0.2) is 12.8 Å². The summed E-state index contributed by atoms with van der Waals surface area (Å²) in [4.78, 5) is 13.1. The molecular formula is C23H26FN3O4S. The first kappa shape index (κ1) is 22.3. The van der Waals surface area contributed by atoms with Crippen LogP contribution >= 0.6 is 0 Å². The fourth-order valence-corrected chi connectivity index (χ4v) is 5.20. The van der Waals surface area contributed by atoms with E-state index in [1.807, 2.05) is 13.0 Å². The SMILES string of the molecule is CC1CCCN(S(C)(=O)=O)c2cc3oc(-c4ccc(F)cc4)c(C(=O)NCCN)c3cc21. The number of nitrogens with zero attached hydrogens (tertiary/aromatic N) is 1. The number of rotatable bonds is 5. The van der Waals surface area contributed by atoms with E-state index < -0.39 is 15.8 Å². The van der Waals surface area contributed by atoms with Gasteiger partial charge in [-0.1, -0.05) is 6.92 Å². The first-order valence-electron chi connectivity index (χ1n) is 10.5. The number of benzene rings is 2. The molecule has 32 heavy (non-hydrogen) atoms. The zero-order valence-electron chi connectivity index (χ0n) is 18.0. The summed E-state index contributed by atoms with van der Waals surface area (Å²) in [6.07, 6.45) is 2.74. The minimum Gasteiger partial charge on any atom is -0.455 e. The lowest BCUT2D eigenvalue weighted by atomic mass is 9.93. The molecule has 3 N–H and O–H groups in total. The number of amides is 1. The van der Waals surface area contributed by atoms with Crippen LogP contribution in [0.4, 0.5) is 10.1 Å². The van der Waals surface area contributed by atoms with Crippen LogP contribution in [0, 0.1) is 5.82 Å². The van der Waals surface area contributed by atoms with E-state index in [0.29, 0.717) is 40.1 Å². The number of nitrogens with two attached hydrogens (primary N) is 1. The van der Waals surface area contributed by atoms with Crippen LogP contribution in [0.15, 0.2) is 40.8 Å². The first-order valence-corrected chi connectivity index (χ1v) is 12.4. The molecule has 7 nitrogen and oxygen atoms in total. The van der Waals surface area contributed by atoms with E-state index in [2.05, 4.69) is 5.32 Å². The Balaban J connectivity index is 1.99. The Morgan fingerprint density at radius 3 is 2.66 bits per heavy atom. The predicted octanol–water partition coefficient (Wildman–Crippen LogP) is 3.59. The van der Waals surface area contributed by atoms with E-state index in [1.54, 1.807) is 18.2 Å². The van der Waals surface area contributed by atoms with Crippen molar-refractivity contribution in [1.82, 2.24) is 5.32 Å². The molecule has 2 heterocycles. The molecule has 0 saturated heterocycles. The summed E-state index contributed by atoms with van der Waals surface area (Å²) in [6.45, 7) is 3.00. The number of hydrogen-bond donors (Lipinski definition) is 2. The Labute approximate surface area is 186 Å². The average molecular weight is 460 g/mol. The third-order valence-electron chi connectivity index (χ3n) is 5.80. The predicted molar refractivity (Wildman–Crippen MR) is 123 cm³/mol. The molecule has 3 aromatic rings. The summed E-state index contributed by atoms with van der Waals surface area (Å²) in [7, 11) is -3.49. The quantitative estimate of drug-likeness (QED) is 0.607. The van der Waals surface area contributed by atoms with Gasteiger partial charge in [-0.05, 0) is 54.7 Å². The maximum atomic E-state index is 13.5. The van der Waals surface area contributed by atoms with Crippen molar-refractivity contribution in [3.05, 3.63) is 53.3 Å². The van der Waals surface area contributed by atoms with Crippen LogP contribution in [-0.2, 0) is 10.0 Å². The highest BCUT2D eigenvalue weighted by molar-refractivity contribution is 7.92. The Morgan fingerprint density at radius 1 is 1.28 bits per heavy atom. The van der Waals surface area contributed by atoms with Crippen LogP contribution in [0.25, 0.3) is 22.3 Å². The van der Waals surface area contributed by atoms with Crippen LogP contribution in [0.3, 0.4) is 0 Å². The summed E-state index contributed by atoms with van der Waals surface area (Å²) < 4.78 is 45.9. The maximum absolute atomic E-state index is 13.5. The molecule has 4 rings (SSSR count). The van der Waals surface area contributed by atoms with Gasteiger partial charge in [0.2, 0.25) is 10.0 Å². The summed E-state index contributed by atoms with van der Waals surface area (Å²) in [5.41, 5.74) is 8.23. The van der Waals surface area contributed by atoms with E-state index in [9.17, 15) is 17.6 Å². The Morgan fingerprint density at radius 2 is 2.00 bits per heavy atom. The molecule has 1 unspecified atom stereocenters. The van der Waals surface area contributed by atoms with Gasteiger partial charge in [0.1, 0.15) is 17.2 Å². The molecule has 9 heteroatoms. The van der Waals surface area contributed by atoms with Crippen LogP contribution in [0.1, 0.15) is 41.6 Å². The van der Waals surface area contributed by atoms with Crippen molar-refractivity contribution in [2.45, 2.75) is 25.7 Å². The van der Waals surface area contributed by atoms with Gasteiger partial charge in [0.15, 0.2) is 0 Å². The fraction of sp³-hybridized carbons (Fsp3) is 0.348. The second kappa shape index (κ2) is 8.55. The zero-order chi connectivity index (χ0) is 23.0. The van der Waals surface area contributed by atoms with Crippen molar-refractivity contribution >= 4 is 32.6 Å². The zero-order valence-corrected chi connectivity index (χ0v) is 18.8. The largest absolute Gasteiger partial charge is 0.455 e. The summed E-state index contributed by atoms with van der Waals surface area (Å²) >= 11 is 0. The van der Waals surface area contributed by atoms with Crippen molar-refractivity contribution in [3.63, 3.8) is 0 Å². The highest BCUT2D eigenvalue weighted by Gasteiger charge is 2.30. The highest BCUT2D eigenvalue weighted by Crippen LogP contribution is 2.42. The standard InChI is InChI=1S/C23H26FN3O4S/c1-14-4-3-11-27(32(2,29)30)19-13-20-18(12-17(14)19)21(23(28)26-10-9-25)22(31-20)15-5-7-16(24)8-6-15/h5-8,12-14H,3-4,9-11,25H2,1-2H3,(H,26,28). The fourth-order valence-electron chi connectivity index (χ4n) is 4.23.